The van der Waals surface area contributed by atoms with E-state index in [0.717, 1.165) is 25.0 Å². The first-order valence-electron chi connectivity index (χ1n) is 6.53. The second kappa shape index (κ2) is 6.04. The Labute approximate surface area is 139 Å². The zero-order valence-electron chi connectivity index (χ0n) is 11.0. The number of aryl methyl sites for hydroxylation is 1. The number of hydrogen-bond donors (Lipinski definition) is 2. The highest BCUT2D eigenvalue weighted by Gasteiger charge is 2.21. The highest BCUT2D eigenvalue weighted by molar-refractivity contribution is 9.10. The summed E-state index contributed by atoms with van der Waals surface area (Å²) in [5, 5.41) is 4.04. The number of carbonyl (C=O) groups excluding carboxylic acids is 1. The molecule has 7 heteroatoms. The molecule has 1 aliphatic rings. The van der Waals surface area contributed by atoms with E-state index in [0.29, 0.717) is 20.2 Å². The van der Waals surface area contributed by atoms with Crippen LogP contribution < -0.4 is 11.1 Å². The van der Waals surface area contributed by atoms with Crippen LogP contribution in [0.5, 0.6) is 0 Å². The second-order valence-electron chi connectivity index (χ2n) is 4.97. The van der Waals surface area contributed by atoms with Gasteiger partial charge in [0.2, 0.25) is 0 Å². The molecule has 1 aromatic heterocycles. The molecule has 1 atom stereocenters. The van der Waals surface area contributed by atoms with Gasteiger partial charge in [0.1, 0.15) is 0 Å². The molecule has 1 aromatic carbocycles. The third-order valence-corrected chi connectivity index (χ3v) is 5.63. The van der Waals surface area contributed by atoms with Gasteiger partial charge >= 0.3 is 0 Å². The fourth-order valence-electron chi connectivity index (χ4n) is 2.26. The minimum atomic E-state index is -0.192. The fourth-order valence-corrected chi connectivity index (χ4v) is 3.85. The van der Waals surface area contributed by atoms with Gasteiger partial charge in [0.15, 0.2) is 5.13 Å². The van der Waals surface area contributed by atoms with Crippen LogP contribution in [0.3, 0.4) is 0 Å². The summed E-state index contributed by atoms with van der Waals surface area (Å²) in [6.07, 6.45) is 2.68. The molecule has 110 valence electrons. The van der Waals surface area contributed by atoms with Crippen LogP contribution in [-0.2, 0) is 12.8 Å². The zero-order chi connectivity index (χ0) is 15.0. The summed E-state index contributed by atoms with van der Waals surface area (Å²) in [6.45, 7) is 0. The molecular weight excluding hydrogens is 374 g/mol. The van der Waals surface area contributed by atoms with Crippen molar-refractivity contribution in [3.05, 3.63) is 43.8 Å². The van der Waals surface area contributed by atoms with Crippen LogP contribution in [-0.4, -0.2) is 16.9 Å². The zero-order valence-corrected chi connectivity index (χ0v) is 14.2. The van der Waals surface area contributed by atoms with E-state index in [2.05, 4.69) is 26.2 Å². The molecular formula is C14H13BrClN3OS. The summed E-state index contributed by atoms with van der Waals surface area (Å²) in [5.41, 5.74) is 7.56. The maximum atomic E-state index is 12.2. The number of carbonyl (C=O) groups is 1. The number of fused-ring (bicyclic) bond motifs is 1. The topological polar surface area (TPSA) is 68.0 Å². The molecule has 1 aliphatic carbocycles. The maximum Gasteiger partial charge on any atom is 0.257 e. The number of anilines is 1. The standard InChI is InChI=1S/C14H13BrClN3OS/c15-9-5-7(1-3-10(9)16)13(20)19-14-18-11-4-2-8(17)6-12(11)21-14/h1,3,5,8H,2,4,6,17H2,(H,18,19,20)/t8-/m0/s1. The van der Waals surface area contributed by atoms with Crippen molar-refractivity contribution < 1.29 is 4.79 Å². The van der Waals surface area contributed by atoms with Gasteiger partial charge < -0.3 is 5.73 Å². The number of aromatic nitrogens is 1. The van der Waals surface area contributed by atoms with E-state index in [4.69, 9.17) is 17.3 Å². The van der Waals surface area contributed by atoms with Crippen LogP contribution in [0.15, 0.2) is 22.7 Å². The predicted octanol–water partition coefficient (Wildman–Crippen LogP) is 3.63. The molecule has 0 saturated heterocycles. The lowest BCUT2D eigenvalue weighted by Crippen LogP contribution is -2.27. The van der Waals surface area contributed by atoms with Gasteiger partial charge in [-0.3, -0.25) is 10.1 Å². The number of rotatable bonds is 2. The Morgan fingerprint density at radius 2 is 2.33 bits per heavy atom. The number of benzene rings is 1. The average molecular weight is 387 g/mol. The lowest BCUT2D eigenvalue weighted by molar-refractivity contribution is 0.102. The SMILES string of the molecule is N[C@H]1CCc2nc(NC(=O)c3ccc(Cl)c(Br)c3)sc2C1. The summed E-state index contributed by atoms with van der Waals surface area (Å²) >= 11 is 10.7. The van der Waals surface area contributed by atoms with E-state index in [-0.39, 0.29) is 11.9 Å². The monoisotopic (exact) mass is 385 g/mol. The molecule has 0 fully saturated rings. The van der Waals surface area contributed by atoms with Crippen molar-refractivity contribution in [2.24, 2.45) is 5.73 Å². The number of halogens is 2. The van der Waals surface area contributed by atoms with E-state index in [1.165, 1.54) is 16.2 Å². The van der Waals surface area contributed by atoms with Crippen LogP contribution in [0.4, 0.5) is 5.13 Å². The van der Waals surface area contributed by atoms with Crippen LogP contribution in [0.2, 0.25) is 5.02 Å². The molecule has 0 radical (unpaired) electrons. The summed E-state index contributed by atoms with van der Waals surface area (Å²) in [4.78, 5) is 17.9. The smallest absolute Gasteiger partial charge is 0.257 e. The van der Waals surface area contributed by atoms with E-state index in [9.17, 15) is 4.79 Å². The Hall–Kier alpha value is -0.950. The summed E-state index contributed by atoms with van der Waals surface area (Å²) < 4.78 is 0.696. The number of hydrogen-bond acceptors (Lipinski definition) is 4. The van der Waals surface area contributed by atoms with Crippen molar-refractivity contribution in [2.45, 2.75) is 25.3 Å². The van der Waals surface area contributed by atoms with Gasteiger partial charge in [0.05, 0.1) is 10.7 Å². The minimum absolute atomic E-state index is 0.192. The lowest BCUT2D eigenvalue weighted by Gasteiger charge is -2.15. The first-order valence-corrected chi connectivity index (χ1v) is 8.52. The highest BCUT2D eigenvalue weighted by atomic mass is 79.9. The van der Waals surface area contributed by atoms with E-state index < -0.39 is 0 Å². The molecule has 1 heterocycles. The molecule has 2 aromatic rings. The van der Waals surface area contributed by atoms with Crippen LogP contribution in [0, 0.1) is 0 Å². The van der Waals surface area contributed by atoms with Crippen molar-refractivity contribution in [1.29, 1.82) is 0 Å². The minimum Gasteiger partial charge on any atom is -0.327 e. The van der Waals surface area contributed by atoms with Gasteiger partial charge in [0.25, 0.3) is 5.91 Å². The number of nitrogens with one attached hydrogen (secondary N) is 1. The Bertz CT molecular complexity index is 704. The van der Waals surface area contributed by atoms with E-state index >= 15 is 0 Å². The van der Waals surface area contributed by atoms with Crippen LogP contribution >= 0.6 is 38.9 Å². The molecule has 0 aliphatic heterocycles. The predicted molar refractivity (Wildman–Crippen MR) is 89.2 cm³/mol. The van der Waals surface area contributed by atoms with Crippen LogP contribution in [0.1, 0.15) is 27.3 Å². The maximum absolute atomic E-state index is 12.2. The summed E-state index contributed by atoms with van der Waals surface area (Å²) in [7, 11) is 0. The van der Waals surface area contributed by atoms with Crippen molar-refractivity contribution in [3.8, 4) is 0 Å². The Morgan fingerprint density at radius 1 is 1.52 bits per heavy atom. The Balaban J connectivity index is 1.77. The van der Waals surface area contributed by atoms with Crippen molar-refractivity contribution in [3.63, 3.8) is 0 Å². The third-order valence-electron chi connectivity index (χ3n) is 3.38. The quantitative estimate of drug-likeness (QED) is 0.828. The van der Waals surface area contributed by atoms with Crippen molar-refractivity contribution in [2.75, 3.05) is 5.32 Å². The van der Waals surface area contributed by atoms with E-state index in [1.54, 1.807) is 18.2 Å². The van der Waals surface area contributed by atoms with Crippen LogP contribution in [0.25, 0.3) is 0 Å². The molecule has 3 rings (SSSR count). The highest BCUT2D eigenvalue weighted by Crippen LogP contribution is 2.30. The molecule has 3 N–H and O–H groups in total. The van der Waals surface area contributed by atoms with Gasteiger partial charge in [-0.2, -0.15) is 0 Å². The first-order chi connectivity index (χ1) is 10.0. The van der Waals surface area contributed by atoms with Gasteiger partial charge in [-0.15, -0.1) is 11.3 Å². The summed E-state index contributed by atoms with van der Waals surface area (Å²) in [5.74, 6) is -0.192. The van der Waals surface area contributed by atoms with Gasteiger partial charge in [0, 0.05) is 21.0 Å². The largest absolute Gasteiger partial charge is 0.327 e. The second-order valence-corrected chi connectivity index (χ2v) is 7.32. The first kappa shape index (κ1) is 15.0. The summed E-state index contributed by atoms with van der Waals surface area (Å²) in [6, 6.07) is 5.27. The Kier molecular flexibility index (Phi) is 4.31. The molecule has 0 bridgehead atoms. The van der Waals surface area contributed by atoms with Gasteiger partial charge in [-0.25, -0.2) is 4.98 Å². The normalized spacial score (nSPS) is 17.4. The number of nitrogens with two attached hydrogens (primary N) is 1. The number of nitrogens with zero attached hydrogens (tertiary/aromatic N) is 1. The number of thiazole rings is 1. The third kappa shape index (κ3) is 3.29. The molecule has 0 unspecified atom stereocenters. The van der Waals surface area contributed by atoms with Crippen molar-refractivity contribution >= 4 is 49.9 Å². The van der Waals surface area contributed by atoms with Crippen molar-refractivity contribution in [1.82, 2.24) is 4.98 Å². The molecule has 0 saturated carbocycles. The van der Waals surface area contributed by atoms with E-state index in [1.807, 2.05) is 0 Å². The average Bonchev–Trinajstić information content (AvgIpc) is 2.83. The molecule has 0 spiro atoms. The fraction of sp³-hybridized carbons (Fsp3) is 0.286. The van der Waals surface area contributed by atoms with Gasteiger partial charge in [-0.05, 0) is 53.4 Å². The molecule has 4 nitrogen and oxygen atoms in total. The number of amides is 1. The lowest BCUT2D eigenvalue weighted by atomic mass is 9.99. The molecule has 21 heavy (non-hydrogen) atoms. The molecule has 1 amide bonds. The Morgan fingerprint density at radius 3 is 3.10 bits per heavy atom. The van der Waals surface area contributed by atoms with Gasteiger partial charge in [-0.1, -0.05) is 11.6 Å².